The van der Waals surface area contributed by atoms with E-state index < -0.39 is 12.0 Å². The molecule has 0 aliphatic heterocycles. The molecule has 4 nitrogen and oxygen atoms in total. The summed E-state index contributed by atoms with van der Waals surface area (Å²) in [5, 5.41) is 11.6. The van der Waals surface area contributed by atoms with Crippen molar-refractivity contribution < 1.29 is 14.7 Å². The van der Waals surface area contributed by atoms with Crippen LogP contribution in [-0.4, -0.2) is 23.0 Å². The van der Waals surface area contributed by atoms with Gasteiger partial charge in [0.25, 0.3) is 0 Å². The lowest BCUT2D eigenvalue weighted by atomic mass is 10.1. The van der Waals surface area contributed by atoms with Crippen LogP contribution < -0.4 is 5.32 Å². The van der Waals surface area contributed by atoms with Gasteiger partial charge in [-0.15, -0.1) is 0 Å². The van der Waals surface area contributed by atoms with Crippen LogP contribution in [0.2, 0.25) is 0 Å². The van der Waals surface area contributed by atoms with Crippen molar-refractivity contribution in [1.82, 2.24) is 5.32 Å². The second-order valence-electron chi connectivity index (χ2n) is 5.09. The Morgan fingerprint density at radius 2 is 1.90 bits per heavy atom. The van der Waals surface area contributed by atoms with Gasteiger partial charge in [0.15, 0.2) is 0 Å². The summed E-state index contributed by atoms with van der Waals surface area (Å²) >= 11 is 0. The van der Waals surface area contributed by atoms with Gasteiger partial charge in [-0.25, -0.2) is 4.79 Å². The van der Waals surface area contributed by atoms with E-state index in [0.29, 0.717) is 19.3 Å². The molecule has 0 radical (unpaired) electrons. The number of carbonyl (C=O) groups is 2. The minimum atomic E-state index is -0.956. The summed E-state index contributed by atoms with van der Waals surface area (Å²) in [4.78, 5) is 22.8. The largest absolute Gasteiger partial charge is 0.480 e. The van der Waals surface area contributed by atoms with E-state index in [1.807, 2.05) is 38.1 Å². The quantitative estimate of drug-likeness (QED) is 0.767. The van der Waals surface area contributed by atoms with Gasteiger partial charge in [-0.3, -0.25) is 4.79 Å². The number of carboxylic acids is 1. The minimum Gasteiger partial charge on any atom is -0.480 e. The molecule has 110 valence electrons. The van der Waals surface area contributed by atoms with E-state index in [-0.39, 0.29) is 5.91 Å². The van der Waals surface area contributed by atoms with E-state index in [1.54, 1.807) is 0 Å². The summed E-state index contributed by atoms with van der Waals surface area (Å²) < 4.78 is 0. The Morgan fingerprint density at radius 3 is 2.45 bits per heavy atom. The first-order chi connectivity index (χ1) is 9.52. The Balaban J connectivity index is 2.41. The maximum atomic E-state index is 11.8. The fourth-order valence-electron chi connectivity index (χ4n) is 1.94. The van der Waals surface area contributed by atoms with Gasteiger partial charge in [0.1, 0.15) is 6.04 Å². The van der Waals surface area contributed by atoms with Crippen molar-refractivity contribution in [3.63, 3.8) is 0 Å². The highest BCUT2D eigenvalue weighted by Crippen LogP contribution is 2.06. The molecule has 1 rings (SSSR count). The number of hydrogen-bond acceptors (Lipinski definition) is 2. The molecular formula is C16H23NO3. The topological polar surface area (TPSA) is 66.4 Å². The first-order valence-electron chi connectivity index (χ1n) is 7.10. The summed E-state index contributed by atoms with van der Waals surface area (Å²) in [6, 6.07) is 7.24. The number of carbonyl (C=O) groups excluding carboxylic acids is 1. The first-order valence-corrected chi connectivity index (χ1v) is 7.10. The third kappa shape index (κ3) is 5.87. The maximum Gasteiger partial charge on any atom is 0.326 e. The second-order valence-corrected chi connectivity index (χ2v) is 5.09. The van der Waals surface area contributed by atoms with Crippen molar-refractivity contribution in [2.45, 2.75) is 52.0 Å². The highest BCUT2D eigenvalue weighted by molar-refractivity contribution is 5.83. The SMILES string of the molecule is CCCC[C@H](NC(=O)CCc1ccc(C)cc1)C(=O)O. The first kappa shape index (κ1) is 16.2. The molecule has 1 amide bonds. The zero-order valence-corrected chi connectivity index (χ0v) is 12.2. The molecule has 0 aliphatic rings. The summed E-state index contributed by atoms with van der Waals surface area (Å²) in [6.07, 6.45) is 3.16. The van der Waals surface area contributed by atoms with Crippen molar-refractivity contribution in [3.8, 4) is 0 Å². The smallest absolute Gasteiger partial charge is 0.326 e. The molecule has 0 aromatic heterocycles. The lowest BCUT2D eigenvalue weighted by molar-refractivity contribution is -0.142. The standard InChI is InChI=1S/C16H23NO3/c1-3-4-5-14(16(19)20)17-15(18)11-10-13-8-6-12(2)7-9-13/h6-9,14H,3-5,10-11H2,1-2H3,(H,17,18)(H,19,20)/t14-/m0/s1. The lowest BCUT2D eigenvalue weighted by Crippen LogP contribution is -2.40. The molecule has 0 unspecified atom stereocenters. The van der Waals surface area contributed by atoms with Gasteiger partial charge in [-0.05, 0) is 25.3 Å². The Hall–Kier alpha value is -1.84. The lowest BCUT2D eigenvalue weighted by Gasteiger charge is -2.14. The fraction of sp³-hybridized carbons (Fsp3) is 0.500. The van der Waals surface area contributed by atoms with E-state index >= 15 is 0 Å². The van der Waals surface area contributed by atoms with Crippen LogP contribution in [0, 0.1) is 6.92 Å². The second kappa shape index (κ2) is 8.35. The Morgan fingerprint density at radius 1 is 1.25 bits per heavy atom. The van der Waals surface area contributed by atoms with Gasteiger partial charge in [-0.1, -0.05) is 49.6 Å². The van der Waals surface area contributed by atoms with Gasteiger partial charge in [0.2, 0.25) is 5.91 Å². The number of aliphatic carboxylic acids is 1. The van der Waals surface area contributed by atoms with Gasteiger partial charge in [-0.2, -0.15) is 0 Å². The van der Waals surface area contributed by atoms with Crippen LogP contribution in [0.3, 0.4) is 0 Å². The summed E-state index contributed by atoms with van der Waals surface area (Å²) in [5.74, 6) is -1.16. The fourth-order valence-corrected chi connectivity index (χ4v) is 1.94. The number of benzene rings is 1. The van der Waals surface area contributed by atoms with E-state index in [2.05, 4.69) is 5.32 Å². The Kier molecular flexibility index (Phi) is 6.77. The van der Waals surface area contributed by atoms with Crippen molar-refractivity contribution in [1.29, 1.82) is 0 Å². The van der Waals surface area contributed by atoms with Crippen LogP contribution in [0.15, 0.2) is 24.3 Å². The van der Waals surface area contributed by atoms with Crippen molar-refractivity contribution >= 4 is 11.9 Å². The Labute approximate surface area is 120 Å². The van der Waals surface area contributed by atoms with Crippen molar-refractivity contribution in [2.75, 3.05) is 0 Å². The molecular weight excluding hydrogens is 254 g/mol. The number of hydrogen-bond donors (Lipinski definition) is 2. The van der Waals surface area contributed by atoms with Crippen molar-refractivity contribution in [2.24, 2.45) is 0 Å². The third-order valence-corrected chi connectivity index (χ3v) is 3.24. The predicted octanol–water partition coefficient (Wildman–Crippen LogP) is 2.69. The van der Waals surface area contributed by atoms with Crippen LogP contribution in [-0.2, 0) is 16.0 Å². The molecule has 0 aliphatic carbocycles. The maximum absolute atomic E-state index is 11.8. The normalized spacial score (nSPS) is 11.9. The molecule has 1 aromatic carbocycles. The molecule has 1 aromatic rings. The van der Waals surface area contributed by atoms with Crippen LogP contribution in [0.5, 0.6) is 0 Å². The van der Waals surface area contributed by atoms with E-state index in [0.717, 1.165) is 18.4 Å². The number of rotatable bonds is 8. The van der Waals surface area contributed by atoms with Crippen molar-refractivity contribution in [3.05, 3.63) is 35.4 Å². The monoisotopic (exact) mass is 277 g/mol. The molecule has 20 heavy (non-hydrogen) atoms. The predicted molar refractivity (Wildman–Crippen MR) is 78.6 cm³/mol. The molecule has 2 N–H and O–H groups in total. The molecule has 0 spiro atoms. The van der Waals surface area contributed by atoms with Gasteiger partial charge < -0.3 is 10.4 Å². The highest BCUT2D eigenvalue weighted by Gasteiger charge is 2.18. The average molecular weight is 277 g/mol. The summed E-state index contributed by atoms with van der Waals surface area (Å²) in [7, 11) is 0. The van der Waals surface area contributed by atoms with Gasteiger partial charge in [0.05, 0.1) is 0 Å². The van der Waals surface area contributed by atoms with Crippen LogP contribution >= 0.6 is 0 Å². The molecule has 0 saturated carbocycles. The molecule has 0 fully saturated rings. The number of unbranched alkanes of at least 4 members (excludes halogenated alkanes) is 1. The number of amides is 1. The summed E-state index contributed by atoms with van der Waals surface area (Å²) in [5.41, 5.74) is 2.27. The van der Waals surface area contributed by atoms with E-state index in [1.165, 1.54) is 5.56 Å². The van der Waals surface area contributed by atoms with E-state index in [4.69, 9.17) is 5.11 Å². The molecule has 4 heteroatoms. The number of aryl methyl sites for hydroxylation is 2. The van der Waals surface area contributed by atoms with Crippen LogP contribution in [0.25, 0.3) is 0 Å². The number of carboxylic acid groups (broad SMARTS) is 1. The highest BCUT2D eigenvalue weighted by atomic mass is 16.4. The van der Waals surface area contributed by atoms with Crippen LogP contribution in [0.4, 0.5) is 0 Å². The Bertz CT molecular complexity index is 440. The van der Waals surface area contributed by atoms with E-state index in [9.17, 15) is 9.59 Å². The molecule has 0 bridgehead atoms. The van der Waals surface area contributed by atoms with Crippen LogP contribution in [0.1, 0.15) is 43.7 Å². The average Bonchev–Trinajstić information content (AvgIpc) is 2.42. The molecule has 0 heterocycles. The zero-order valence-electron chi connectivity index (χ0n) is 12.2. The number of nitrogens with one attached hydrogen (secondary N) is 1. The minimum absolute atomic E-state index is 0.200. The zero-order chi connectivity index (χ0) is 15.0. The molecule has 0 saturated heterocycles. The van der Waals surface area contributed by atoms with Gasteiger partial charge in [0, 0.05) is 6.42 Å². The summed E-state index contributed by atoms with van der Waals surface area (Å²) in [6.45, 7) is 4.01. The molecule has 1 atom stereocenters. The van der Waals surface area contributed by atoms with Gasteiger partial charge >= 0.3 is 5.97 Å². The third-order valence-electron chi connectivity index (χ3n) is 3.24.